The van der Waals surface area contributed by atoms with Gasteiger partial charge in [-0.1, -0.05) is 27.8 Å². The summed E-state index contributed by atoms with van der Waals surface area (Å²) in [7, 11) is 0. The van der Waals surface area contributed by atoms with E-state index >= 15 is 0 Å². The largest absolute Gasteiger partial charge is 0.481 e. The molecule has 104 valence electrons. The molecule has 0 spiro atoms. The maximum absolute atomic E-state index is 11.7. The molecule has 0 aliphatic heterocycles. The third-order valence-corrected chi connectivity index (χ3v) is 2.90. The number of carboxylic acids is 1. The van der Waals surface area contributed by atoms with Crippen LogP contribution in [0, 0.1) is 0 Å². The topological polar surface area (TPSA) is 117 Å². The van der Waals surface area contributed by atoms with E-state index in [4.69, 9.17) is 5.11 Å². The van der Waals surface area contributed by atoms with E-state index in [0.29, 0.717) is 12.1 Å². The quantitative estimate of drug-likeness (QED) is 0.770. The normalized spacial score (nSPS) is 10.0. The summed E-state index contributed by atoms with van der Waals surface area (Å²) in [5, 5.41) is 21.0. The fourth-order valence-electron chi connectivity index (χ4n) is 1.53. The van der Waals surface area contributed by atoms with Gasteiger partial charge < -0.3 is 10.4 Å². The molecule has 3 N–H and O–H groups in total. The first kappa shape index (κ1) is 13.9. The molecule has 0 atom stereocenters. The van der Waals surface area contributed by atoms with Crippen molar-refractivity contribution in [2.45, 2.75) is 12.8 Å². The first-order valence-electron chi connectivity index (χ1n) is 5.68. The number of para-hydroxylation sites is 1. The molecular weight excluding hydrogens is 282 g/mol. The molecule has 20 heavy (non-hydrogen) atoms. The van der Waals surface area contributed by atoms with E-state index < -0.39 is 12.0 Å². The van der Waals surface area contributed by atoms with Crippen LogP contribution in [-0.2, 0) is 11.2 Å². The van der Waals surface area contributed by atoms with Gasteiger partial charge in [0.25, 0.3) is 0 Å². The smallest absolute Gasteiger partial charge is 0.325 e. The van der Waals surface area contributed by atoms with Crippen molar-refractivity contribution in [3.63, 3.8) is 0 Å². The monoisotopic (exact) mass is 293 g/mol. The number of carbonyl (C=O) groups excluding carboxylic acids is 1. The van der Waals surface area contributed by atoms with Crippen molar-refractivity contribution in [3.8, 4) is 0 Å². The minimum absolute atomic E-state index is 0.000628. The van der Waals surface area contributed by atoms with Crippen molar-refractivity contribution in [3.05, 3.63) is 29.8 Å². The SMILES string of the molecule is O=C(O)CCc1ccccc1NC(=O)Nc1nnns1. The van der Waals surface area contributed by atoms with Crippen LogP contribution in [0.1, 0.15) is 12.0 Å². The van der Waals surface area contributed by atoms with Crippen LogP contribution >= 0.6 is 11.5 Å². The molecule has 1 aromatic carbocycles. The third kappa shape index (κ3) is 3.99. The lowest BCUT2D eigenvalue weighted by Crippen LogP contribution is -2.20. The van der Waals surface area contributed by atoms with Crippen LogP contribution in [0.25, 0.3) is 0 Å². The molecule has 0 saturated heterocycles. The number of carbonyl (C=O) groups is 2. The Hall–Kier alpha value is -2.55. The molecule has 0 aliphatic rings. The number of aromatic nitrogens is 3. The predicted octanol–water partition coefficient (Wildman–Crippen LogP) is 1.59. The molecular formula is C11H11N5O3S. The van der Waals surface area contributed by atoms with Gasteiger partial charge >= 0.3 is 12.0 Å². The molecule has 8 nitrogen and oxygen atoms in total. The van der Waals surface area contributed by atoms with E-state index in [1.807, 2.05) is 0 Å². The number of rotatable bonds is 5. The van der Waals surface area contributed by atoms with Crippen molar-refractivity contribution in [2.24, 2.45) is 0 Å². The van der Waals surface area contributed by atoms with Gasteiger partial charge in [0.2, 0.25) is 5.13 Å². The van der Waals surface area contributed by atoms with Crippen LogP contribution in [0.4, 0.5) is 15.6 Å². The fourth-order valence-corrected chi connectivity index (χ4v) is 1.90. The summed E-state index contributed by atoms with van der Waals surface area (Å²) in [5.74, 6) is -0.885. The molecule has 2 amide bonds. The van der Waals surface area contributed by atoms with Crippen molar-refractivity contribution >= 4 is 34.4 Å². The Morgan fingerprint density at radius 1 is 1.25 bits per heavy atom. The summed E-state index contributed by atoms with van der Waals surface area (Å²) >= 11 is 0.958. The number of aliphatic carboxylic acids is 1. The van der Waals surface area contributed by atoms with Crippen molar-refractivity contribution < 1.29 is 14.7 Å². The molecule has 1 aromatic heterocycles. The van der Waals surface area contributed by atoms with E-state index in [-0.39, 0.29) is 11.6 Å². The Morgan fingerprint density at radius 2 is 2.05 bits per heavy atom. The molecule has 2 aromatic rings. The van der Waals surface area contributed by atoms with Gasteiger partial charge in [-0.2, -0.15) is 0 Å². The summed E-state index contributed by atoms with van der Waals surface area (Å²) < 4.78 is 3.52. The number of nitrogens with one attached hydrogen (secondary N) is 2. The average Bonchev–Trinajstić information content (AvgIpc) is 2.90. The number of hydrogen-bond donors (Lipinski definition) is 3. The molecule has 0 fully saturated rings. The zero-order chi connectivity index (χ0) is 14.4. The van der Waals surface area contributed by atoms with Crippen LogP contribution in [0.2, 0.25) is 0 Å². The maximum Gasteiger partial charge on any atom is 0.325 e. The highest BCUT2D eigenvalue weighted by Crippen LogP contribution is 2.17. The predicted molar refractivity (Wildman–Crippen MR) is 72.7 cm³/mol. The van der Waals surface area contributed by atoms with Gasteiger partial charge in [-0.25, -0.2) is 4.79 Å². The molecule has 0 unspecified atom stereocenters. The van der Waals surface area contributed by atoms with Gasteiger partial charge in [0.15, 0.2) is 0 Å². The molecule has 0 aliphatic carbocycles. The summed E-state index contributed by atoms with van der Waals surface area (Å²) in [4.78, 5) is 22.3. The second kappa shape index (κ2) is 6.57. The zero-order valence-electron chi connectivity index (χ0n) is 10.2. The van der Waals surface area contributed by atoms with E-state index in [9.17, 15) is 9.59 Å². The molecule has 0 bridgehead atoms. The third-order valence-electron chi connectivity index (χ3n) is 2.39. The number of urea groups is 1. The Morgan fingerprint density at radius 3 is 2.75 bits per heavy atom. The van der Waals surface area contributed by atoms with Gasteiger partial charge in [0, 0.05) is 23.6 Å². The highest BCUT2D eigenvalue weighted by molar-refractivity contribution is 7.09. The van der Waals surface area contributed by atoms with Gasteiger partial charge in [-0.05, 0) is 23.3 Å². The minimum Gasteiger partial charge on any atom is -0.481 e. The second-order valence-corrected chi connectivity index (χ2v) is 4.53. The van der Waals surface area contributed by atoms with Gasteiger partial charge in [-0.15, -0.1) is 0 Å². The maximum atomic E-state index is 11.7. The van der Waals surface area contributed by atoms with Gasteiger partial charge in [0.1, 0.15) is 0 Å². The lowest BCUT2D eigenvalue weighted by atomic mass is 10.1. The van der Waals surface area contributed by atoms with E-state index in [1.165, 1.54) is 0 Å². The number of benzene rings is 1. The molecule has 1 heterocycles. The van der Waals surface area contributed by atoms with Crippen molar-refractivity contribution in [1.82, 2.24) is 14.8 Å². The number of carboxylic acid groups (broad SMARTS) is 1. The Kier molecular flexibility index (Phi) is 4.56. The number of anilines is 2. The lowest BCUT2D eigenvalue weighted by molar-refractivity contribution is -0.136. The Balaban J connectivity index is 2.01. The van der Waals surface area contributed by atoms with E-state index in [0.717, 1.165) is 17.1 Å². The Labute approximate surface area is 118 Å². The van der Waals surface area contributed by atoms with Crippen LogP contribution in [0.3, 0.4) is 0 Å². The van der Waals surface area contributed by atoms with Crippen molar-refractivity contribution in [1.29, 1.82) is 0 Å². The number of amides is 2. The van der Waals surface area contributed by atoms with Crippen LogP contribution in [-0.4, -0.2) is 31.9 Å². The zero-order valence-corrected chi connectivity index (χ0v) is 11.1. The second-order valence-electron chi connectivity index (χ2n) is 3.80. The fraction of sp³-hybridized carbons (Fsp3) is 0.182. The molecule has 9 heteroatoms. The molecule has 0 saturated carbocycles. The van der Waals surface area contributed by atoms with Gasteiger partial charge in [-0.3, -0.25) is 10.1 Å². The van der Waals surface area contributed by atoms with Crippen molar-refractivity contribution in [2.75, 3.05) is 10.6 Å². The summed E-state index contributed by atoms with van der Waals surface area (Å²) in [6.45, 7) is 0. The van der Waals surface area contributed by atoms with Crippen LogP contribution in [0.5, 0.6) is 0 Å². The Bertz CT molecular complexity index is 602. The summed E-state index contributed by atoms with van der Waals surface area (Å²) in [6, 6.07) is 6.54. The number of aryl methyl sites for hydroxylation is 1. The first-order valence-corrected chi connectivity index (χ1v) is 6.45. The first-order chi connectivity index (χ1) is 9.65. The lowest BCUT2D eigenvalue weighted by Gasteiger charge is -2.10. The summed E-state index contributed by atoms with van der Waals surface area (Å²) in [5.41, 5.74) is 1.31. The molecule has 2 rings (SSSR count). The van der Waals surface area contributed by atoms with E-state index in [2.05, 4.69) is 25.4 Å². The summed E-state index contributed by atoms with van der Waals surface area (Å²) in [6.07, 6.45) is 0.340. The number of nitrogens with zero attached hydrogens (tertiary/aromatic N) is 3. The average molecular weight is 293 g/mol. The highest BCUT2D eigenvalue weighted by Gasteiger charge is 2.09. The van der Waals surface area contributed by atoms with Gasteiger partial charge in [0.05, 0.1) is 0 Å². The number of hydrogen-bond acceptors (Lipinski definition) is 6. The molecule has 0 radical (unpaired) electrons. The standard InChI is InChI=1S/C11H11N5O3S/c17-9(18)6-5-7-3-1-2-4-8(7)12-10(19)13-11-14-15-16-20-11/h1-4H,5-6H2,(H,17,18)(H2,12,13,14,16,19). The van der Waals surface area contributed by atoms with E-state index in [1.54, 1.807) is 24.3 Å². The highest BCUT2D eigenvalue weighted by atomic mass is 32.1. The minimum atomic E-state index is -0.885. The van der Waals surface area contributed by atoms with Crippen LogP contribution < -0.4 is 10.6 Å². The van der Waals surface area contributed by atoms with Crippen LogP contribution in [0.15, 0.2) is 24.3 Å².